The molecule has 0 radical (unpaired) electrons. The number of anilines is 2. The summed E-state index contributed by atoms with van der Waals surface area (Å²) in [7, 11) is -1.98. The third kappa shape index (κ3) is 8.09. The number of halogens is 9. The average Bonchev–Trinajstić information content (AvgIpc) is 4.11. The standard InChI is InChI=1S/C42H38ClF8N9O4S/c1-41(2,65(62,63)22-5-6-22)11-10-21-4-7-23(24-8-9-27(43)31-34(24)59(3)58-38(31)54-40-56-55-39(64-40)37(48)49)32(52-21)28(14-18-12-19(44)15-20(45)13-18)53-29(61)17-60-35-30(33(57-60)36(46)47)25-16-26(25)42(35,50)51/h4,7-9,12-13,15,22,25-26,28,36-37H,5-6,10-11,14,16-17H2,1-3H3,(H,53,61)(H,54,56,58). The number of pyridine rings is 1. The van der Waals surface area contributed by atoms with E-state index in [2.05, 4.69) is 31.0 Å². The highest BCUT2D eigenvalue weighted by Crippen LogP contribution is 2.68. The minimum atomic E-state index is -3.53. The first kappa shape index (κ1) is 44.6. The first-order chi connectivity index (χ1) is 30.6. The lowest BCUT2D eigenvalue weighted by Crippen LogP contribution is -2.36. The molecule has 4 heterocycles. The van der Waals surface area contributed by atoms with Crippen LogP contribution in [0.1, 0.15) is 104 Å². The Morgan fingerprint density at radius 1 is 0.985 bits per heavy atom. The molecule has 4 aromatic heterocycles. The smallest absolute Gasteiger partial charge is 0.321 e. The zero-order valence-electron chi connectivity index (χ0n) is 34.5. The van der Waals surface area contributed by atoms with Gasteiger partial charge in [-0.05, 0) is 88.1 Å². The lowest BCUT2D eigenvalue weighted by Gasteiger charge is -2.26. The van der Waals surface area contributed by atoms with Crippen molar-refractivity contribution in [1.29, 1.82) is 0 Å². The summed E-state index contributed by atoms with van der Waals surface area (Å²) < 4.78 is 148. The van der Waals surface area contributed by atoms with Gasteiger partial charge in [-0.25, -0.2) is 26.0 Å². The van der Waals surface area contributed by atoms with Gasteiger partial charge in [0, 0.05) is 41.4 Å². The van der Waals surface area contributed by atoms with Crippen molar-refractivity contribution in [3.63, 3.8) is 0 Å². The molecule has 2 saturated carbocycles. The van der Waals surface area contributed by atoms with Crippen molar-refractivity contribution < 1.29 is 52.8 Å². The second-order valence-electron chi connectivity index (χ2n) is 17.2. The number of hydrogen-bond acceptors (Lipinski definition) is 10. The first-order valence-corrected chi connectivity index (χ1v) is 22.4. The van der Waals surface area contributed by atoms with Gasteiger partial charge in [0.15, 0.2) is 15.7 Å². The monoisotopic (exact) mass is 951 g/mol. The molecule has 0 aliphatic heterocycles. The SMILES string of the molecule is Cn1nc(Nc2nnc(C(F)F)o2)c2c(Cl)ccc(-c3ccc(CCC(C)(C)S(=O)(=O)C4CC4)nc3C(Cc3cc(F)cc(F)c3)NC(=O)Cn3nc(C(F)F)c4c3C(F)(F)C3CC43)c21. The zero-order chi connectivity index (χ0) is 46.5. The lowest BCUT2D eigenvalue weighted by atomic mass is 9.93. The van der Waals surface area contributed by atoms with Gasteiger partial charge in [-0.1, -0.05) is 28.8 Å². The van der Waals surface area contributed by atoms with Crippen LogP contribution in [0.3, 0.4) is 0 Å². The van der Waals surface area contributed by atoms with Crippen molar-refractivity contribution in [2.24, 2.45) is 13.0 Å². The molecule has 3 unspecified atom stereocenters. The van der Waals surface area contributed by atoms with Gasteiger partial charge in [0.2, 0.25) is 5.91 Å². The fourth-order valence-electron chi connectivity index (χ4n) is 8.84. The summed E-state index contributed by atoms with van der Waals surface area (Å²) in [6.07, 6.45) is -5.27. The van der Waals surface area contributed by atoms with E-state index in [1.54, 1.807) is 39.1 Å². The predicted molar refractivity (Wildman–Crippen MR) is 219 cm³/mol. The maximum absolute atomic E-state index is 15.5. The fraction of sp³-hybridized carbons (Fsp3) is 0.429. The van der Waals surface area contributed by atoms with Crippen LogP contribution in [-0.2, 0) is 47.0 Å². The minimum Gasteiger partial charge on any atom is -0.402 e. The van der Waals surface area contributed by atoms with Crippen LogP contribution in [-0.4, -0.2) is 59.1 Å². The molecule has 2 aromatic carbocycles. The van der Waals surface area contributed by atoms with Crippen LogP contribution in [0.4, 0.5) is 47.0 Å². The van der Waals surface area contributed by atoms with Gasteiger partial charge in [-0.15, -0.1) is 5.10 Å². The van der Waals surface area contributed by atoms with E-state index >= 15 is 8.78 Å². The third-order valence-electron chi connectivity index (χ3n) is 12.3. The molecule has 2 N–H and O–H groups in total. The zero-order valence-corrected chi connectivity index (χ0v) is 36.1. The van der Waals surface area contributed by atoms with Crippen LogP contribution >= 0.6 is 11.6 Å². The number of carbonyl (C=O) groups is 1. The Hall–Kier alpha value is -5.64. The number of amides is 1. The summed E-state index contributed by atoms with van der Waals surface area (Å²) in [5, 5.41) is 20.5. The largest absolute Gasteiger partial charge is 0.402 e. The van der Waals surface area contributed by atoms with Gasteiger partial charge in [0.1, 0.15) is 29.6 Å². The number of hydrogen-bond donors (Lipinski definition) is 2. The number of aryl methyl sites for hydroxylation is 2. The average molecular weight is 952 g/mol. The van der Waals surface area contributed by atoms with E-state index in [1.807, 2.05) is 0 Å². The van der Waals surface area contributed by atoms with E-state index in [1.165, 1.54) is 10.7 Å². The van der Waals surface area contributed by atoms with Gasteiger partial charge in [-0.2, -0.15) is 27.8 Å². The van der Waals surface area contributed by atoms with Crippen molar-refractivity contribution in [3.8, 4) is 11.1 Å². The van der Waals surface area contributed by atoms with E-state index in [9.17, 15) is 39.6 Å². The highest BCUT2D eigenvalue weighted by molar-refractivity contribution is 7.93. The second-order valence-corrected chi connectivity index (χ2v) is 20.4. The molecule has 0 saturated heterocycles. The molecule has 13 nitrogen and oxygen atoms in total. The highest BCUT2D eigenvalue weighted by atomic mass is 35.5. The molecule has 3 aliphatic rings. The van der Waals surface area contributed by atoms with Crippen molar-refractivity contribution >= 4 is 50.1 Å². The van der Waals surface area contributed by atoms with Crippen LogP contribution in [0.25, 0.3) is 22.0 Å². The fourth-order valence-corrected chi connectivity index (χ4v) is 11.1. The molecule has 65 heavy (non-hydrogen) atoms. The first-order valence-electron chi connectivity index (χ1n) is 20.4. The van der Waals surface area contributed by atoms with E-state index in [-0.39, 0.29) is 64.3 Å². The molecule has 1 amide bonds. The van der Waals surface area contributed by atoms with E-state index < -0.39 is 104 Å². The molecular formula is C42H38ClF8N9O4S. The number of sulfone groups is 1. The number of fused-ring (bicyclic) bond motifs is 4. The second kappa shape index (κ2) is 16.1. The predicted octanol–water partition coefficient (Wildman–Crippen LogP) is 9.36. The maximum Gasteiger partial charge on any atom is 0.321 e. The van der Waals surface area contributed by atoms with Crippen LogP contribution in [0.2, 0.25) is 5.02 Å². The number of benzene rings is 2. The van der Waals surface area contributed by atoms with E-state index in [0.29, 0.717) is 40.4 Å². The Balaban J connectivity index is 1.16. The van der Waals surface area contributed by atoms with Crippen molar-refractivity contribution in [2.75, 3.05) is 5.32 Å². The Labute approximate surface area is 369 Å². The number of nitrogens with zero attached hydrogens (tertiary/aromatic N) is 7. The summed E-state index contributed by atoms with van der Waals surface area (Å²) in [6.45, 7) is 2.30. The maximum atomic E-state index is 15.5. The number of alkyl halides is 6. The number of rotatable bonds is 16. The molecule has 3 aliphatic carbocycles. The molecular weight excluding hydrogens is 914 g/mol. The van der Waals surface area contributed by atoms with Gasteiger partial charge >= 0.3 is 12.4 Å². The Morgan fingerprint density at radius 3 is 2.35 bits per heavy atom. The summed E-state index contributed by atoms with van der Waals surface area (Å²) in [5.41, 5.74) is -0.490. The quantitative estimate of drug-likeness (QED) is 0.0895. The van der Waals surface area contributed by atoms with Crippen LogP contribution < -0.4 is 10.6 Å². The lowest BCUT2D eigenvalue weighted by molar-refractivity contribution is -0.123. The molecule has 23 heteroatoms. The van der Waals surface area contributed by atoms with Crippen molar-refractivity contribution in [2.45, 2.75) is 99.6 Å². The van der Waals surface area contributed by atoms with Crippen molar-refractivity contribution in [3.05, 3.63) is 98.9 Å². The Kier molecular flexibility index (Phi) is 11.0. The van der Waals surface area contributed by atoms with Crippen LogP contribution in [0, 0.1) is 17.6 Å². The number of nitrogens with one attached hydrogen (secondary N) is 2. The Bertz CT molecular complexity index is 2970. The number of carbonyl (C=O) groups excluding carboxylic acids is 1. The summed E-state index contributed by atoms with van der Waals surface area (Å²) in [4.78, 5) is 19.1. The van der Waals surface area contributed by atoms with E-state index in [4.69, 9.17) is 21.0 Å². The minimum absolute atomic E-state index is 0.00112. The summed E-state index contributed by atoms with van der Waals surface area (Å²) in [6, 6.07) is 7.27. The van der Waals surface area contributed by atoms with Gasteiger partial charge < -0.3 is 9.73 Å². The normalized spacial score (nSPS) is 18.4. The molecule has 0 spiro atoms. The topological polar surface area (TPSA) is 163 Å². The molecule has 0 bridgehead atoms. The number of aromatic nitrogens is 7. The van der Waals surface area contributed by atoms with Crippen LogP contribution in [0.5, 0.6) is 0 Å². The summed E-state index contributed by atoms with van der Waals surface area (Å²) >= 11 is 6.73. The molecule has 2 fully saturated rings. The van der Waals surface area contributed by atoms with Crippen LogP contribution in [0.15, 0.2) is 46.9 Å². The van der Waals surface area contributed by atoms with E-state index in [0.717, 1.165) is 12.1 Å². The molecule has 344 valence electrons. The highest BCUT2D eigenvalue weighted by Gasteiger charge is 2.67. The molecule has 3 atom stereocenters. The van der Waals surface area contributed by atoms with Crippen molar-refractivity contribution in [1.82, 2.24) is 40.1 Å². The van der Waals surface area contributed by atoms with Gasteiger partial charge in [-0.3, -0.25) is 24.5 Å². The summed E-state index contributed by atoms with van der Waals surface area (Å²) in [5.74, 6) is -9.38. The Morgan fingerprint density at radius 2 is 1.69 bits per heavy atom. The van der Waals surface area contributed by atoms with Gasteiger partial charge in [0.05, 0.1) is 37.7 Å². The molecule has 6 aromatic rings. The third-order valence-corrected chi connectivity index (χ3v) is 15.7. The molecule has 9 rings (SSSR count). The van der Waals surface area contributed by atoms with Gasteiger partial charge in [0.25, 0.3) is 18.2 Å².